The van der Waals surface area contributed by atoms with Crippen molar-refractivity contribution in [2.75, 3.05) is 16.2 Å². The van der Waals surface area contributed by atoms with Crippen molar-refractivity contribution < 1.29 is 13.2 Å². The van der Waals surface area contributed by atoms with E-state index in [9.17, 15) is 13.2 Å². The van der Waals surface area contributed by atoms with Gasteiger partial charge in [-0.1, -0.05) is 60.1 Å². The second kappa shape index (κ2) is 11.9. The Kier molecular flexibility index (Phi) is 8.59. The molecule has 4 rings (SSSR count). The maximum atomic E-state index is 13.6. The second-order valence-electron chi connectivity index (χ2n) is 8.63. The molecule has 0 spiro atoms. The highest BCUT2D eigenvalue weighted by Crippen LogP contribution is 2.31. The minimum Gasteiger partial charge on any atom is -0.323 e. The predicted octanol–water partition coefficient (Wildman–Crippen LogP) is 7.08. The van der Waals surface area contributed by atoms with Gasteiger partial charge in [-0.2, -0.15) is 0 Å². The van der Waals surface area contributed by atoms with Crippen molar-refractivity contribution in [1.29, 1.82) is 0 Å². The largest absolute Gasteiger partial charge is 0.323 e. The van der Waals surface area contributed by atoms with Crippen LogP contribution in [0.1, 0.15) is 16.7 Å². The molecule has 5 nitrogen and oxygen atoms in total. The van der Waals surface area contributed by atoms with E-state index in [2.05, 4.69) is 5.32 Å². The summed E-state index contributed by atoms with van der Waals surface area (Å²) in [5.41, 5.74) is 4.00. The Bertz CT molecular complexity index is 1470. The summed E-state index contributed by atoms with van der Waals surface area (Å²) in [6.45, 7) is 3.44. The van der Waals surface area contributed by atoms with Gasteiger partial charge in [0.15, 0.2) is 0 Å². The number of para-hydroxylation sites is 1. The second-order valence-corrected chi connectivity index (χ2v) is 11.9. The molecule has 1 N–H and O–H groups in total. The van der Waals surface area contributed by atoms with Crippen LogP contribution in [0.15, 0.2) is 107 Å². The molecule has 4 aromatic carbocycles. The highest BCUT2D eigenvalue weighted by Gasteiger charge is 2.27. The minimum atomic E-state index is -3.98. The van der Waals surface area contributed by atoms with Gasteiger partial charge in [-0.15, -0.1) is 11.8 Å². The molecule has 4 aromatic rings. The predicted molar refractivity (Wildman–Crippen MR) is 153 cm³/mol. The van der Waals surface area contributed by atoms with E-state index >= 15 is 0 Å². The molecule has 0 aliphatic carbocycles. The van der Waals surface area contributed by atoms with Gasteiger partial charge in [-0.25, -0.2) is 8.42 Å². The van der Waals surface area contributed by atoms with Crippen LogP contribution in [0.4, 0.5) is 11.4 Å². The average molecular weight is 551 g/mol. The smallest absolute Gasteiger partial charge is 0.264 e. The van der Waals surface area contributed by atoms with E-state index in [1.165, 1.54) is 16.4 Å². The number of hydrogen-bond donors (Lipinski definition) is 1. The van der Waals surface area contributed by atoms with Crippen LogP contribution in [0.3, 0.4) is 0 Å². The normalized spacial score (nSPS) is 11.2. The van der Waals surface area contributed by atoms with Crippen molar-refractivity contribution in [3.05, 3.63) is 119 Å². The van der Waals surface area contributed by atoms with Gasteiger partial charge in [0.1, 0.15) is 6.54 Å². The summed E-state index contributed by atoms with van der Waals surface area (Å²) in [5, 5.41) is 3.60. The van der Waals surface area contributed by atoms with E-state index in [4.69, 9.17) is 11.6 Å². The third-order valence-electron chi connectivity index (χ3n) is 5.58. The van der Waals surface area contributed by atoms with Crippen LogP contribution >= 0.6 is 23.4 Å². The molecule has 0 fully saturated rings. The van der Waals surface area contributed by atoms with Gasteiger partial charge >= 0.3 is 0 Å². The van der Waals surface area contributed by atoms with Crippen molar-refractivity contribution in [2.45, 2.75) is 29.4 Å². The molecule has 0 aliphatic heterocycles. The summed E-state index contributed by atoms with van der Waals surface area (Å²) in [6, 6.07) is 28.8. The summed E-state index contributed by atoms with van der Waals surface area (Å²) < 4.78 is 28.4. The molecule has 8 heteroatoms. The third kappa shape index (κ3) is 6.95. The zero-order chi connectivity index (χ0) is 26.4. The first-order valence-electron chi connectivity index (χ1n) is 11.6. The number of nitrogens with zero attached hydrogens (tertiary/aromatic N) is 1. The van der Waals surface area contributed by atoms with Crippen molar-refractivity contribution in [3.8, 4) is 0 Å². The summed E-state index contributed by atoms with van der Waals surface area (Å²) in [4.78, 5) is 14.3. The van der Waals surface area contributed by atoms with Gasteiger partial charge in [0.2, 0.25) is 5.91 Å². The standard InChI is InChI=1S/C29H27ClN2O3S2/c1-21-16-22(2)18-25(17-21)32(37(34,35)26-8-4-3-5-9-26)19-29(33)31-27-10-6-7-11-28(27)36-20-23-12-14-24(30)15-13-23/h3-18H,19-20H2,1-2H3,(H,31,33). The maximum absolute atomic E-state index is 13.6. The molecule has 0 heterocycles. The number of aryl methyl sites for hydroxylation is 2. The Morgan fingerprint density at radius 2 is 1.49 bits per heavy atom. The fraction of sp³-hybridized carbons (Fsp3) is 0.138. The molecular weight excluding hydrogens is 524 g/mol. The quantitative estimate of drug-likeness (QED) is 0.226. The number of amides is 1. The number of halogens is 1. The summed E-state index contributed by atoms with van der Waals surface area (Å²) in [5.74, 6) is 0.263. The first kappa shape index (κ1) is 26.8. The van der Waals surface area contributed by atoms with Crippen molar-refractivity contribution >= 4 is 50.7 Å². The molecule has 37 heavy (non-hydrogen) atoms. The number of thioether (sulfide) groups is 1. The van der Waals surface area contributed by atoms with Gasteiger partial charge in [0, 0.05) is 15.7 Å². The van der Waals surface area contributed by atoms with Gasteiger partial charge in [-0.3, -0.25) is 9.10 Å². The number of carbonyl (C=O) groups is 1. The topological polar surface area (TPSA) is 66.5 Å². The molecule has 0 aliphatic rings. The van der Waals surface area contributed by atoms with Crippen LogP contribution in [0.25, 0.3) is 0 Å². The van der Waals surface area contributed by atoms with E-state index < -0.39 is 15.9 Å². The van der Waals surface area contributed by atoms with E-state index in [1.54, 1.807) is 42.1 Å². The molecule has 0 aromatic heterocycles. The van der Waals surface area contributed by atoms with Gasteiger partial charge < -0.3 is 5.32 Å². The molecule has 0 radical (unpaired) electrons. The van der Waals surface area contributed by atoms with Crippen LogP contribution in [0, 0.1) is 13.8 Å². The summed E-state index contributed by atoms with van der Waals surface area (Å²) in [6.07, 6.45) is 0. The Morgan fingerprint density at radius 3 is 2.16 bits per heavy atom. The molecule has 0 unspecified atom stereocenters. The van der Waals surface area contributed by atoms with Gasteiger partial charge in [-0.05, 0) is 79.1 Å². The lowest BCUT2D eigenvalue weighted by molar-refractivity contribution is -0.114. The lowest BCUT2D eigenvalue weighted by Crippen LogP contribution is -2.38. The molecule has 0 saturated heterocycles. The Labute approximate surface area is 227 Å². The number of benzene rings is 4. The SMILES string of the molecule is Cc1cc(C)cc(N(CC(=O)Nc2ccccc2SCc2ccc(Cl)cc2)S(=O)(=O)c2ccccc2)c1. The number of anilines is 2. The fourth-order valence-electron chi connectivity index (χ4n) is 3.89. The molecule has 0 bridgehead atoms. The summed E-state index contributed by atoms with van der Waals surface area (Å²) >= 11 is 7.56. The van der Waals surface area contributed by atoms with Crippen LogP contribution in [0.5, 0.6) is 0 Å². The molecule has 0 atom stereocenters. The minimum absolute atomic E-state index is 0.126. The van der Waals surface area contributed by atoms with Crippen LogP contribution < -0.4 is 9.62 Å². The van der Waals surface area contributed by atoms with Crippen molar-refractivity contribution in [2.24, 2.45) is 0 Å². The van der Waals surface area contributed by atoms with Crippen molar-refractivity contribution in [1.82, 2.24) is 0 Å². The van der Waals surface area contributed by atoms with Gasteiger partial charge in [0.05, 0.1) is 16.3 Å². The van der Waals surface area contributed by atoms with E-state index in [0.717, 1.165) is 21.6 Å². The number of hydrogen-bond acceptors (Lipinski definition) is 4. The zero-order valence-electron chi connectivity index (χ0n) is 20.5. The first-order chi connectivity index (χ1) is 17.7. The zero-order valence-corrected chi connectivity index (χ0v) is 22.9. The fourth-order valence-corrected chi connectivity index (χ4v) is 6.40. The molecule has 1 amide bonds. The number of carbonyl (C=O) groups excluding carboxylic acids is 1. The molecule has 190 valence electrons. The lowest BCUT2D eigenvalue weighted by Gasteiger charge is -2.25. The molecular formula is C29H27ClN2O3S2. The van der Waals surface area contributed by atoms with Crippen LogP contribution in [-0.4, -0.2) is 20.9 Å². The maximum Gasteiger partial charge on any atom is 0.264 e. The van der Waals surface area contributed by atoms with E-state index in [-0.39, 0.29) is 11.4 Å². The number of sulfonamides is 1. The first-order valence-corrected chi connectivity index (χ1v) is 14.4. The average Bonchev–Trinajstić information content (AvgIpc) is 2.87. The van der Waals surface area contributed by atoms with Crippen molar-refractivity contribution in [3.63, 3.8) is 0 Å². The third-order valence-corrected chi connectivity index (χ3v) is 8.77. The molecule has 0 saturated carbocycles. The Balaban J connectivity index is 1.58. The van der Waals surface area contributed by atoms with Crippen LogP contribution in [0.2, 0.25) is 5.02 Å². The van der Waals surface area contributed by atoms with E-state index in [1.807, 2.05) is 68.4 Å². The Morgan fingerprint density at radius 1 is 0.865 bits per heavy atom. The monoisotopic (exact) mass is 550 g/mol. The Hall–Kier alpha value is -3.26. The summed E-state index contributed by atoms with van der Waals surface area (Å²) in [7, 11) is -3.98. The highest BCUT2D eigenvalue weighted by atomic mass is 35.5. The number of rotatable bonds is 9. The number of nitrogens with one attached hydrogen (secondary N) is 1. The highest BCUT2D eigenvalue weighted by molar-refractivity contribution is 7.98. The van der Waals surface area contributed by atoms with E-state index in [0.29, 0.717) is 22.2 Å². The van der Waals surface area contributed by atoms with Crippen LogP contribution in [-0.2, 0) is 20.6 Å². The van der Waals surface area contributed by atoms with Gasteiger partial charge in [0.25, 0.3) is 10.0 Å². The lowest BCUT2D eigenvalue weighted by atomic mass is 10.1.